The lowest BCUT2D eigenvalue weighted by atomic mass is 10.0. The van der Waals surface area contributed by atoms with Crippen molar-refractivity contribution in [1.29, 1.82) is 0 Å². The van der Waals surface area contributed by atoms with Crippen LogP contribution in [-0.4, -0.2) is 29.9 Å². The molecule has 3 rings (SSSR count). The van der Waals surface area contributed by atoms with Gasteiger partial charge < -0.3 is 10.6 Å². The number of fused-ring (bicyclic) bond motifs is 1. The number of halogens is 1. The molecule has 1 amide bonds. The number of benzene rings is 1. The molecule has 2 aromatic rings. The lowest BCUT2D eigenvalue weighted by Gasteiger charge is -2.34. The van der Waals surface area contributed by atoms with Crippen molar-refractivity contribution in [3.8, 4) is 0 Å². The summed E-state index contributed by atoms with van der Waals surface area (Å²) in [5, 5.41) is 0.918. The second-order valence-corrected chi connectivity index (χ2v) is 6.26. The predicted molar refractivity (Wildman–Crippen MR) is 79.5 cm³/mol. The van der Waals surface area contributed by atoms with Crippen LogP contribution in [-0.2, 0) is 0 Å². The zero-order valence-electron chi connectivity index (χ0n) is 11.1. The molecule has 2 N–H and O–H groups in total. The summed E-state index contributed by atoms with van der Waals surface area (Å²) in [4.78, 5) is 15.2. The predicted octanol–water partition coefficient (Wildman–Crippen LogP) is 2.99. The average molecular weight is 292 g/mol. The van der Waals surface area contributed by atoms with E-state index in [-0.39, 0.29) is 17.8 Å². The maximum absolute atomic E-state index is 13.2. The molecule has 1 unspecified atom stereocenters. The van der Waals surface area contributed by atoms with Gasteiger partial charge in [0.15, 0.2) is 0 Å². The van der Waals surface area contributed by atoms with Crippen LogP contribution in [0.25, 0.3) is 10.1 Å². The molecule has 106 valence electrons. The number of likely N-dealkylation sites (tertiary alicyclic amines) is 1. The zero-order chi connectivity index (χ0) is 14.1. The SMILES string of the molecule is NCC1CCCCN1C(=O)c1cc2ccc(F)cc2s1. The first-order valence-electron chi connectivity index (χ1n) is 6.89. The first-order valence-corrected chi connectivity index (χ1v) is 7.71. The van der Waals surface area contributed by atoms with E-state index >= 15 is 0 Å². The monoisotopic (exact) mass is 292 g/mol. The van der Waals surface area contributed by atoms with Crippen LogP contribution in [0.5, 0.6) is 0 Å². The number of amides is 1. The molecule has 1 aliphatic rings. The van der Waals surface area contributed by atoms with Gasteiger partial charge >= 0.3 is 0 Å². The van der Waals surface area contributed by atoms with Gasteiger partial charge in [-0.05, 0) is 42.8 Å². The molecular weight excluding hydrogens is 275 g/mol. The summed E-state index contributed by atoms with van der Waals surface area (Å²) in [6, 6.07) is 6.61. The highest BCUT2D eigenvalue weighted by Crippen LogP contribution is 2.29. The Labute approximate surface area is 121 Å². The van der Waals surface area contributed by atoms with Gasteiger partial charge in [-0.15, -0.1) is 11.3 Å². The van der Waals surface area contributed by atoms with E-state index in [4.69, 9.17) is 5.73 Å². The van der Waals surface area contributed by atoms with Crippen molar-refractivity contribution in [2.24, 2.45) is 5.73 Å². The molecule has 0 radical (unpaired) electrons. The number of hydrogen-bond acceptors (Lipinski definition) is 3. The van der Waals surface area contributed by atoms with Crippen molar-refractivity contribution in [3.05, 3.63) is 35.0 Å². The molecule has 1 saturated heterocycles. The lowest BCUT2D eigenvalue weighted by molar-refractivity contribution is 0.0628. The van der Waals surface area contributed by atoms with Gasteiger partial charge in [0.25, 0.3) is 5.91 Å². The first kappa shape index (κ1) is 13.5. The van der Waals surface area contributed by atoms with Crippen molar-refractivity contribution in [1.82, 2.24) is 4.90 Å². The summed E-state index contributed by atoms with van der Waals surface area (Å²) in [6.07, 6.45) is 3.13. The second kappa shape index (κ2) is 5.50. The number of piperidine rings is 1. The van der Waals surface area contributed by atoms with Gasteiger partial charge in [0.05, 0.1) is 4.88 Å². The van der Waals surface area contributed by atoms with Gasteiger partial charge in [-0.25, -0.2) is 4.39 Å². The normalized spacial score (nSPS) is 19.5. The van der Waals surface area contributed by atoms with Crippen LogP contribution in [0.2, 0.25) is 0 Å². The van der Waals surface area contributed by atoms with E-state index in [1.54, 1.807) is 6.07 Å². The highest BCUT2D eigenvalue weighted by atomic mass is 32.1. The molecule has 1 aliphatic heterocycles. The molecule has 1 aromatic heterocycles. The zero-order valence-corrected chi connectivity index (χ0v) is 12.0. The molecule has 5 heteroatoms. The van der Waals surface area contributed by atoms with Crippen molar-refractivity contribution in [2.45, 2.75) is 25.3 Å². The van der Waals surface area contributed by atoms with Gasteiger partial charge in [0.1, 0.15) is 5.82 Å². The minimum atomic E-state index is -0.267. The van der Waals surface area contributed by atoms with Crippen molar-refractivity contribution >= 4 is 27.3 Å². The minimum Gasteiger partial charge on any atom is -0.334 e. The molecule has 1 fully saturated rings. The summed E-state index contributed by atoms with van der Waals surface area (Å²) < 4.78 is 14.0. The maximum atomic E-state index is 13.2. The molecule has 0 aliphatic carbocycles. The first-order chi connectivity index (χ1) is 9.69. The van der Waals surface area contributed by atoms with Crippen LogP contribution in [0.4, 0.5) is 4.39 Å². The van der Waals surface area contributed by atoms with Crippen molar-refractivity contribution in [2.75, 3.05) is 13.1 Å². The van der Waals surface area contributed by atoms with Crippen LogP contribution < -0.4 is 5.73 Å². The summed E-state index contributed by atoms with van der Waals surface area (Å²) >= 11 is 1.35. The molecule has 0 spiro atoms. The van der Waals surface area contributed by atoms with E-state index in [1.165, 1.54) is 23.5 Å². The third kappa shape index (κ3) is 2.43. The summed E-state index contributed by atoms with van der Waals surface area (Å²) in [5.74, 6) is -0.238. The largest absolute Gasteiger partial charge is 0.334 e. The molecule has 2 heterocycles. The Balaban J connectivity index is 1.91. The second-order valence-electron chi connectivity index (χ2n) is 5.18. The minimum absolute atomic E-state index is 0.0294. The van der Waals surface area contributed by atoms with Gasteiger partial charge in [-0.1, -0.05) is 6.07 Å². The van der Waals surface area contributed by atoms with Crippen LogP contribution >= 0.6 is 11.3 Å². The lowest BCUT2D eigenvalue weighted by Crippen LogP contribution is -2.47. The van der Waals surface area contributed by atoms with Crippen molar-refractivity contribution in [3.63, 3.8) is 0 Å². The third-order valence-electron chi connectivity index (χ3n) is 3.85. The van der Waals surface area contributed by atoms with Gasteiger partial charge in [-0.2, -0.15) is 0 Å². The van der Waals surface area contributed by atoms with Crippen LogP contribution in [0, 0.1) is 5.82 Å². The van der Waals surface area contributed by atoms with Gasteiger partial charge in [-0.3, -0.25) is 4.79 Å². The fourth-order valence-corrected chi connectivity index (χ4v) is 3.81. The molecule has 0 bridgehead atoms. The van der Waals surface area contributed by atoms with Gasteiger partial charge in [0, 0.05) is 23.8 Å². The standard InChI is InChI=1S/C15H17FN2OS/c16-11-5-4-10-7-14(20-13(10)8-11)15(19)18-6-2-1-3-12(18)9-17/h4-5,7-8,12H,1-3,6,9,17H2. The number of nitrogens with zero attached hydrogens (tertiary/aromatic N) is 1. The number of nitrogens with two attached hydrogens (primary N) is 1. The number of rotatable bonds is 2. The molecule has 1 aromatic carbocycles. The average Bonchev–Trinajstić information content (AvgIpc) is 2.89. The Morgan fingerprint density at radius 1 is 1.40 bits per heavy atom. The summed E-state index contributed by atoms with van der Waals surface area (Å²) in [7, 11) is 0. The topological polar surface area (TPSA) is 46.3 Å². The fourth-order valence-electron chi connectivity index (χ4n) is 2.76. The van der Waals surface area contributed by atoms with Crippen LogP contribution in [0.15, 0.2) is 24.3 Å². The van der Waals surface area contributed by atoms with E-state index in [0.29, 0.717) is 11.4 Å². The van der Waals surface area contributed by atoms with Crippen LogP contribution in [0.1, 0.15) is 28.9 Å². The highest BCUT2D eigenvalue weighted by Gasteiger charge is 2.27. The maximum Gasteiger partial charge on any atom is 0.264 e. The Morgan fingerprint density at radius 3 is 3.05 bits per heavy atom. The number of carbonyl (C=O) groups is 1. The van der Waals surface area contributed by atoms with E-state index in [0.717, 1.165) is 35.9 Å². The van der Waals surface area contributed by atoms with E-state index in [2.05, 4.69) is 0 Å². The Morgan fingerprint density at radius 2 is 2.25 bits per heavy atom. The Hall–Kier alpha value is -1.46. The van der Waals surface area contributed by atoms with E-state index in [1.807, 2.05) is 11.0 Å². The highest BCUT2D eigenvalue weighted by molar-refractivity contribution is 7.20. The summed E-state index contributed by atoms with van der Waals surface area (Å²) in [6.45, 7) is 1.27. The number of hydrogen-bond donors (Lipinski definition) is 1. The quantitative estimate of drug-likeness (QED) is 0.925. The summed E-state index contributed by atoms with van der Waals surface area (Å²) in [5.41, 5.74) is 5.76. The van der Waals surface area contributed by atoms with E-state index < -0.39 is 0 Å². The number of thiophene rings is 1. The molecule has 1 atom stereocenters. The van der Waals surface area contributed by atoms with Crippen molar-refractivity contribution < 1.29 is 9.18 Å². The number of carbonyl (C=O) groups excluding carboxylic acids is 1. The fraction of sp³-hybridized carbons (Fsp3) is 0.400. The molecular formula is C15H17FN2OS. The van der Waals surface area contributed by atoms with Gasteiger partial charge in [0.2, 0.25) is 0 Å². The smallest absolute Gasteiger partial charge is 0.264 e. The van der Waals surface area contributed by atoms with Crippen LogP contribution in [0.3, 0.4) is 0 Å². The Bertz CT molecular complexity index is 640. The molecule has 0 saturated carbocycles. The molecule has 3 nitrogen and oxygen atoms in total. The third-order valence-corrected chi connectivity index (χ3v) is 4.94. The van der Waals surface area contributed by atoms with E-state index in [9.17, 15) is 9.18 Å². The molecule has 20 heavy (non-hydrogen) atoms. The Kier molecular flexibility index (Phi) is 3.72.